The van der Waals surface area contributed by atoms with E-state index in [0.717, 1.165) is 31.9 Å². The Morgan fingerprint density at radius 3 is 2.67 bits per heavy atom. The van der Waals surface area contributed by atoms with Crippen LogP contribution in [0.1, 0.15) is 44.5 Å². The van der Waals surface area contributed by atoms with Gasteiger partial charge in [0.05, 0.1) is 11.4 Å². The zero-order valence-corrected chi connectivity index (χ0v) is 12.1. The summed E-state index contributed by atoms with van der Waals surface area (Å²) in [5, 5.41) is 3.31. The van der Waals surface area contributed by atoms with Gasteiger partial charge in [0.25, 0.3) is 0 Å². The van der Waals surface area contributed by atoms with E-state index in [1.807, 2.05) is 0 Å². The fourth-order valence-corrected chi connectivity index (χ4v) is 1.96. The number of nitrogens with zero attached hydrogens (tertiary/aromatic N) is 2. The van der Waals surface area contributed by atoms with Gasteiger partial charge in [-0.2, -0.15) is 0 Å². The minimum absolute atomic E-state index is 0.865. The number of aromatic nitrogens is 1. The average Bonchev–Trinajstić information content (AvgIpc) is 2.37. The SMILES string of the molecule is CCCCCN(C)Cc1cccc(CNCC)n1. The first kappa shape index (κ1) is 15.1. The van der Waals surface area contributed by atoms with Crippen molar-refractivity contribution >= 4 is 0 Å². The van der Waals surface area contributed by atoms with Crippen LogP contribution in [0.3, 0.4) is 0 Å². The highest BCUT2D eigenvalue weighted by Gasteiger charge is 2.02. The van der Waals surface area contributed by atoms with Gasteiger partial charge in [0.2, 0.25) is 0 Å². The highest BCUT2D eigenvalue weighted by molar-refractivity contribution is 5.11. The van der Waals surface area contributed by atoms with Crippen LogP contribution in [0, 0.1) is 0 Å². The molecule has 1 aromatic rings. The lowest BCUT2D eigenvalue weighted by atomic mass is 10.2. The number of hydrogen-bond donors (Lipinski definition) is 1. The number of hydrogen-bond acceptors (Lipinski definition) is 3. The zero-order chi connectivity index (χ0) is 13.2. The summed E-state index contributed by atoms with van der Waals surface area (Å²) in [5.41, 5.74) is 2.31. The van der Waals surface area contributed by atoms with Crippen LogP contribution in [0.5, 0.6) is 0 Å². The Morgan fingerprint density at radius 2 is 1.94 bits per heavy atom. The maximum atomic E-state index is 4.67. The van der Waals surface area contributed by atoms with Gasteiger partial charge in [-0.15, -0.1) is 0 Å². The Balaban J connectivity index is 2.40. The monoisotopic (exact) mass is 249 g/mol. The molecule has 0 aliphatic heterocycles. The highest BCUT2D eigenvalue weighted by Crippen LogP contribution is 2.04. The molecule has 0 unspecified atom stereocenters. The van der Waals surface area contributed by atoms with E-state index in [4.69, 9.17) is 0 Å². The molecule has 0 aliphatic carbocycles. The topological polar surface area (TPSA) is 28.2 Å². The maximum absolute atomic E-state index is 4.67. The quantitative estimate of drug-likeness (QED) is 0.682. The van der Waals surface area contributed by atoms with Crippen LogP contribution in [-0.2, 0) is 13.1 Å². The molecule has 1 aromatic heterocycles. The molecule has 102 valence electrons. The molecule has 3 heteroatoms. The molecule has 0 radical (unpaired) electrons. The molecule has 0 spiro atoms. The summed E-state index contributed by atoms with van der Waals surface area (Å²) < 4.78 is 0. The Bertz CT molecular complexity index is 325. The summed E-state index contributed by atoms with van der Waals surface area (Å²) in [5.74, 6) is 0. The first-order chi connectivity index (χ1) is 8.76. The third-order valence-corrected chi connectivity index (χ3v) is 3.00. The van der Waals surface area contributed by atoms with Crippen molar-refractivity contribution in [3.8, 4) is 0 Å². The molecule has 1 N–H and O–H groups in total. The van der Waals surface area contributed by atoms with Gasteiger partial charge < -0.3 is 10.2 Å². The number of rotatable bonds is 9. The lowest BCUT2D eigenvalue weighted by molar-refractivity contribution is 0.314. The maximum Gasteiger partial charge on any atom is 0.0547 e. The summed E-state index contributed by atoms with van der Waals surface area (Å²) in [4.78, 5) is 7.03. The minimum atomic E-state index is 0.865. The first-order valence-corrected chi connectivity index (χ1v) is 7.10. The van der Waals surface area contributed by atoms with Crippen molar-refractivity contribution in [3.63, 3.8) is 0 Å². The van der Waals surface area contributed by atoms with Crippen LogP contribution in [0.4, 0.5) is 0 Å². The summed E-state index contributed by atoms with van der Waals surface area (Å²) in [6, 6.07) is 6.31. The van der Waals surface area contributed by atoms with Gasteiger partial charge in [0.1, 0.15) is 0 Å². The van der Waals surface area contributed by atoms with Crippen molar-refractivity contribution in [1.82, 2.24) is 15.2 Å². The van der Waals surface area contributed by atoms with E-state index in [9.17, 15) is 0 Å². The van der Waals surface area contributed by atoms with Crippen LogP contribution in [-0.4, -0.2) is 30.0 Å². The van der Waals surface area contributed by atoms with Crippen molar-refractivity contribution in [2.45, 2.75) is 46.2 Å². The molecule has 1 heterocycles. The van der Waals surface area contributed by atoms with Gasteiger partial charge in [0, 0.05) is 13.1 Å². The molecule has 0 bridgehead atoms. The average molecular weight is 249 g/mol. The number of unbranched alkanes of at least 4 members (excludes halogenated alkanes) is 2. The van der Waals surface area contributed by atoms with Gasteiger partial charge >= 0.3 is 0 Å². The van der Waals surface area contributed by atoms with Crippen molar-refractivity contribution in [3.05, 3.63) is 29.6 Å². The van der Waals surface area contributed by atoms with Crippen LogP contribution < -0.4 is 5.32 Å². The van der Waals surface area contributed by atoms with Gasteiger partial charge in [-0.25, -0.2) is 0 Å². The molecular weight excluding hydrogens is 222 g/mol. The Hall–Kier alpha value is -0.930. The third kappa shape index (κ3) is 6.12. The van der Waals surface area contributed by atoms with Gasteiger partial charge in [-0.05, 0) is 38.7 Å². The molecule has 0 saturated heterocycles. The van der Waals surface area contributed by atoms with E-state index in [1.165, 1.54) is 25.0 Å². The normalized spacial score (nSPS) is 11.1. The smallest absolute Gasteiger partial charge is 0.0547 e. The van der Waals surface area contributed by atoms with Gasteiger partial charge in [0.15, 0.2) is 0 Å². The molecule has 0 aromatic carbocycles. The standard InChI is InChI=1S/C15H27N3/c1-4-6-7-11-18(3)13-15-10-8-9-14(17-15)12-16-5-2/h8-10,16H,4-7,11-13H2,1-3H3. The van der Waals surface area contributed by atoms with E-state index in [2.05, 4.69) is 54.3 Å². The molecule has 3 nitrogen and oxygen atoms in total. The number of nitrogens with one attached hydrogen (secondary N) is 1. The lowest BCUT2D eigenvalue weighted by Gasteiger charge is -2.16. The molecule has 1 rings (SSSR count). The van der Waals surface area contributed by atoms with Gasteiger partial charge in [-0.3, -0.25) is 4.98 Å². The minimum Gasteiger partial charge on any atom is -0.311 e. The fourth-order valence-electron chi connectivity index (χ4n) is 1.96. The first-order valence-electron chi connectivity index (χ1n) is 7.10. The summed E-state index contributed by atoms with van der Waals surface area (Å²) in [6.45, 7) is 8.32. The Labute approximate surface area is 112 Å². The van der Waals surface area contributed by atoms with Crippen molar-refractivity contribution in [2.75, 3.05) is 20.1 Å². The predicted octanol–water partition coefficient (Wildman–Crippen LogP) is 2.81. The predicted molar refractivity (Wildman–Crippen MR) is 77.5 cm³/mol. The third-order valence-electron chi connectivity index (χ3n) is 3.00. The second-order valence-corrected chi connectivity index (χ2v) is 4.85. The lowest BCUT2D eigenvalue weighted by Crippen LogP contribution is -2.20. The van der Waals surface area contributed by atoms with Gasteiger partial charge in [-0.1, -0.05) is 32.8 Å². The fraction of sp³-hybridized carbons (Fsp3) is 0.667. The second kappa shape index (κ2) is 9.06. The van der Waals surface area contributed by atoms with Crippen LogP contribution in [0.25, 0.3) is 0 Å². The largest absolute Gasteiger partial charge is 0.311 e. The number of pyridine rings is 1. The summed E-state index contributed by atoms with van der Waals surface area (Å²) >= 11 is 0. The molecular formula is C15H27N3. The Kier molecular flexibility index (Phi) is 7.62. The van der Waals surface area contributed by atoms with Crippen LogP contribution >= 0.6 is 0 Å². The van der Waals surface area contributed by atoms with Crippen molar-refractivity contribution in [1.29, 1.82) is 0 Å². The van der Waals surface area contributed by atoms with Crippen LogP contribution in [0.15, 0.2) is 18.2 Å². The summed E-state index contributed by atoms with van der Waals surface area (Å²) in [7, 11) is 2.17. The van der Waals surface area contributed by atoms with Crippen molar-refractivity contribution < 1.29 is 0 Å². The van der Waals surface area contributed by atoms with E-state index < -0.39 is 0 Å². The van der Waals surface area contributed by atoms with Crippen LogP contribution in [0.2, 0.25) is 0 Å². The van der Waals surface area contributed by atoms with E-state index in [1.54, 1.807) is 0 Å². The molecule has 0 amide bonds. The second-order valence-electron chi connectivity index (χ2n) is 4.85. The molecule has 0 atom stereocenters. The molecule has 18 heavy (non-hydrogen) atoms. The molecule has 0 saturated carbocycles. The van der Waals surface area contributed by atoms with E-state index >= 15 is 0 Å². The van der Waals surface area contributed by atoms with E-state index in [-0.39, 0.29) is 0 Å². The zero-order valence-electron chi connectivity index (χ0n) is 12.1. The molecule has 0 aliphatic rings. The Morgan fingerprint density at radius 1 is 1.17 bits per heavy atom. The highest BCUT2D eigenvalue weighted by atomic mass is 15.1. The summed E-state index contributed by atoms with van der Waals surface area (Å²) in [6.07, 6.45) is 3.88. The van der Waals surface area contributed by atoms with E-state index in [0.29, 0.717) is 0 Å². The molecule has 0 fully saturated rings. The van der Waals surface area contributed by atoms with Crippen molar-refractivity contribution in [2.24, 2.45) is 0 Å².